The molecule has 0 fully saturated rings. The summed E-state index contributed by atoms with van der Waals surface area (Å²) in [6.45, 7) is 5.94. The van der Waals surface area contributed by atoms with Gasteiger partial charge in [-0.25, -0.2) is 0 Å². The Balaban J connectivity index is 0.754. The molecular formula is C124H82N2O2. The summed E-state index contributed by atoms with van der Waals surface area (Å²) in [5.74, 6) is 3.20. The molecular weight excluding hydrogens is 1550 g/mol. The van der Waals surface area contributed by atoms with Crippen LogP contribution < -0.4 is 19.3 Å². The first-order chi connectivity index (χ1) is 63.4. The van der Waals surface area contributed by atoms with Crippen molar-refractivity contribution in [2.45, 2.75) is 16.2 Å². The molecule has 0 amide bonds. The van der Waals surface area contributed by atoms with E-state index in [1.807, 2.05) is 0 Å². The Kier molecular flexibility index (Phi) is 17.2. The van der Waals surface area contributed by atoms with Gasteiger partial charge in [-0.1, -0.05) is 407 Å². The van der Waals surface area contributed by atoms with Crippen LogP contribution in [0.5, 0.6) is 23.0 Å². The van der Waals surface area contributed by atoms with Gasteiger partial charge in [-0.2, -0.15) is 0 Å². The van der Waals surface area contributed by atoms with E-state index in [9.17, 15) is 0 Å². The largest absolute Gasteiger partial charge is 0.457 e. The maximum atomic E-state index is 7.23. The van der Waals surface area contributed by atoms with Crippen LogP contribution in [0.15, 0.2) is 485 Å². The molecule has 25 rings (SSSR count). The number of hydrogen-bond donors (Lipinski definition) is 0. The van der Waals surface area contributed by atoms with Crippen molar-refractivity contribution in [1.29, 1.82) is 0 Å². The molecule has 128 heavy (non-hydrogen) atoms. The Morgan fingerprint density at radius 3 is 0.906 bits per heavy atom. The first-order valence-electron chi connectivity index (χ1n) is 44.3. The van der Waals surface area contributed by atoms with Crippen molar-refractivity contribution >= 4 is 34.0 Å². The third-order valence-corrected chi connectivity index (χ3v) is 27.9. The normalized spacial score (nSPS) is 15.8. The monoisotopic (exact) mass is 1630 g/mol. The first kappa shape index (κ1) is 74.2. The number of hydrogen-bond acceptors (Lipinski definition) is 4. The quantitative estimate of drug-likeness (QED) is 0.136. The van der Waals surface area contributed by atoms with Gasteiger partial charge in [0.25, 0.3) is 0 Å². The van der Waals surface area contributed by atoms with Crippen molar-refractivity contribution in [3.8, 4) is 123 Å². The smallest absolute Gasteiger partial charge is 0.132 e. The lowest BCUT2D eigenvalue weighted by Gasteiger charge is -2.49. The maximum absolute atomic E-state index is 7.23. The molecule has 0 saturated heterocycles. The minimum atomic E-state index is -1.07. The lowest BCUT2D eigenvalue weighted by Crippen LogP contribution is -2.40. The Morgan fingerprint density at radius 2 is 0.500 bits per heavy atom. The molecule has 1 atom stereocenters. The molecule has 4 heterocycles. The van der Waals surface area contributed by atoms with Gasteiger partial charge < -0.3 is 19.3 Å². The summed E-state index contributed by atoms with van der Waals surface area (Å²) in [4.78, 5) is 5.28. The highest BCUT2D eigenvalue weighted by Gasteiger charge is 2.57. The zero-order valence-electron chi connectivity index (χ0n) is 70.2. The minimum absolute atomic E-state index is 0.485. The van der Waals surface area contributed by atoms with Crippen LogP contribution in [0.3, 0.4) is 0 Å². The van der Waals surface area contributed by atoms with Crippen LogP contribution in [0.25, 0.3) is 106 Å². The van der Waals surface area contributed by atoms with Crippen LogP contribution in [0.4, 0.5) is 28.4 Å². The summed E-state index contributed by atoms with van der Waals surface area (Å²) in [5.41, 5.74) is 38.6. The number of nitrogens with zero attached hydrogens (tertiary/aromatic N) is 2. The van der Waals surface area contributed by atoms with Crippen molar-refractivity contribution in [2.24, 2.45) is 0 Å². The highest BCUT2D eigenvalue weighted by atomic mass is 16.5. The average molecular weight is 1630 g/mol. The van der Waals surface area contributed by atoms with Gasteiger partial charge in [0.1, 0.15) is 23.0 Å². The lowest BCUT2D eigenvalue weighted by atomic mass is 9.60. The molecule has 6 aliphatic rings. The van der Waals surface area contributed by atoms with E-state index < -0.39 is 16.2 Å². The summed E-state index contributed by atoms with van der Waals surface area (Å²) < 4.78 is 14.4. The third-order valence-electron chi connectivity index (χ3n) is 27.9. The fraction of sp³-hybridized carbons (Fsp3) is 0.0323. The molecule has 4 heteroatoms. The fourth-order valence-corrected chi connectivity index (χ4v) is 22.7. The highest BCUT2D eigenvalue weighted by molar-refractivity contribution is 6.07. The van der Waals surface area contributed by atoms with E-state index >= 15 is 0 Å². The van der Waals surface area contributed by atoms with Gasteiger partial charge in [-0.3, -0.25) is 0 Å². The van der Waals surface area contributed by atoms with Gasteiger partial charge in [0.15, 0.2) is 0 Å². The Labute approximate surface area is 746 Å². The first-order valence-corrected chi connectivity index (χ1v) is 44.3. The van der Waals surface area contributed by atoms with Gasteiger partial charge in [-0.05, 0) is 217 Å². The van der Waals surface area contributed by atoms with E-state index in [-0.39, 0.29) is 0 Å². The Morgan fingerprint density at radius 1 is 0.211 bits per heavy atom. The number of benzene rings is 19. The number of allylic oxidation sites excluding steroid dienone is 4. The summed E-state index contributed by atoms with van der Waals surface area (Å²) in [6.07, 6.45) is 7.12. The zero-order valence-corrected chi connectivity index (χ0v) is 70.2. The molecule has 0 saturated carbocycles. The second-order valence-electron chi connectivity index (χ2n) is 34.2. The average Bonchev–Trinajstić information content (AvgIpc) is 1.54. The summed E-state index contributed by atoms with van der Waals surface area (Å²) in [5, 5.41) is 0. The molecule has 0 N–H and O–H groups in total. The van der Waals surface area contributed by atoms with Gasteiger partial charge in [-0.15, -0.1) is 0 Å². The molecule has 2 aliphatic carbocycles. The molecule has 0 bridgehead atoms. The molecule has 4 nitrogen and oxygen atoms in total. The van der Waals surface area contributed by atoms with Crippen LogP contribution >= 0.6 is 0 Å². The number of para-hydroxylation sites is 4. The Hall–Kier alpha value is -16.4. The number of rotatable bonds is 10. The van der Waals surface area contributed by atoms with Crippen LogP contribution in [-0.2, 0) is 16.2 Å². The second kappa shape index (κ2) is 29.7. The number of anilines is 5. The highest BCUT2D eigenvalue weighted by Crippen LogP contribution is 2.70. The number of fused-ring (bicyclic) bond motifs is 24. The molecule has 0 aromatic heterocycles. The van der Waals surface area contributed by atoms with Crippen LogP contribution in [0.2, 0.25) is 0 Å². The van der Waals surface area contributed by atoms with Crippen molar-refractivity contribution in [2.75, 3.05) is 16.3 Å². The fourth-order valence-electron chi connectivity index (χ4n) is 22.7. The molecule has 3 spiro atoms. The summed E-state index contributed by atoms with van der Waals surface area (Å²) >= 11 is 0. The van der Waals surface area contributed by atoms with Crippen molar-refractivity contribution < 1.29 is 9.47 Å². The van der Waals surface area contributed by atoms with Gasteiger partial charge in [0, 0.05) is 51.3 Å². The lowest BCUT2D eigenvalue weighted by molar-refractivity contribution is 0.434. The third kappa shape index (κ3) is 11.0. The molecule has 0 radical (unpaired) electrons. The SMILES string of the molecule is C=C1/C=C(c2ccccc2-c2ccccc2)\C=C/CN(c2cccc3c2-c2ccccc2C32c3ccccc3-c3c(N4c5ccc(-c6ccccc6-c6ccccc6)cc5C5(c6ccccc6Oc6ccccc65)c5cc(-c6ccccc6-c6ccccc6)ccc54)cccc32)c2ccc(-c3ccccc3-c3ccccc3)cc2C12c1ccccc1Oc1ccccc12. The van der Waals surface area contributed by atoms with Crippen molar-refractivity contribution in [3.05, 3.63) is 552 Å². The predicted octanol–water partition coefficient (Wildman–Crippen LogP) is 31.8. The van der Waals surface area contributed by atoms with Crippen LogP contribution in [-0.4, -0.2) is 6.54 Å². The van der Waals surface area contributed by atoms with Crippen molar-refractivity contribution in [1.82, 2.24) is 0 Å². The molecule has 600 valence electrons. The number of ether oxygens (including phenoxy) is 2. The predicted molar refractivity (Wildman–Crippen MR) is 526 cm³/mol. The topological polar surface area (TPSA) is 24.9 Å². The molecule has 19 aromatic rings. The standard InChI is InChI=1S/C124H82N2O2/c1-81-77-86(94-50-18-14-46-90(94)82-37-6-2-7-38-82)45-36-76-125(111-73-70-87(95-51-19-15-47-91(95)83-39-8-3-9-40-83)78-108(111)122(81)102-58-26-30-66-116(102)127-117-67-31-27-59-103(117)122)114-64-34-62-106-120(114)98-54-22-24-56-100(98)123(106)101-57-25-23-55-99(101)121-107(123)63-35-65-115(121)126-112-74-71-88(96-52-20-16-48-92(96)84-41-10-4-11-42-84)79-109(112)124(104-60-28-32-68-118(104)128-119-69-33-29-61-105(119)124)110-80-89(72-75-113(110)126)97-53-21-17-49-93(97)85-43-12-5-13-44-85/h2-75,77-80H,1,76H2/b45-36-,86-77+. The van der Waals surface area contributed by atoms with Crippen LogP contribution in [0.1, 0.15) is 66.8 Å². The molecule has 4 aliphatic heterocycles. The van der Waals surface area contributed by atoms with E-state index in [0.29, 0.717) is 6.54 Å². The van der Waals surface area contributed by atoms with Gasteiger partial charge >= 0.3 is 0 Å². The van der Waals surface area contributed by atoms with Crippen molar-refractivity contribution in [3.63, 3.8) is 0 Å². The minimum Gasteiger partial charge on any atom is -0.457 e. The summed E-state index contributed by atoms with van der Waals surface area (Å²) in [7, 11) is 0. The van der Waals surface area contributed by atoms with Gasteiger partial charge in [0.2, 0.25) is 0 Å². The summed E-state index contributed by atoms with van der Waals surface area (Å²) in [6, 6.07) is 169. The zero-order chi connectivity index (χ0) is 84.6. The van der Waals surface area contributed by atoms with E-state index in [2.05, 4.69) is 483 Å². The molecule has 19 aromatic carbocycles. The Bertz CT molecular complexity index is 7600. The van der Waals surface area contributed by atoms with Gasteiger partial charge in [0.05, 0.1) is 33.3 Å². The maximum Gasteiger partial charge on any atom is 0.132 e. The van der Waals surface area contributed by atoms with E-state index in [1.54, 1.807) is 0 Å². The van der Waals surface area contributed by atoms with E-state index in [4.69, 9.17) is 16.1 Å². The molecule has 1 unspecified atom stereocenters. The second-order valence-corrected chi connectivity index (χ2v) is 34.2. The van der Waals surface area contributed by atoms with Crippen LogP contribution in [0, 0.1) is 0 Å². The van der Waals surface area contributed by atoms with E-state index in [0.717, 1.165) is 185 Å². The van der Waals surface area contributed by atoms with E-state index in [1.165, 1.54) is 44.5 Å².